The standard InChI is InChI=1S/C21H23F3N4O4/c1-10-15(13-6-8-26-11(2)16(13)31-4)17(32-20(10,3)21(22,23)24)19(30)28-12-5-7-27-14(9-12)18(25)29/h5-10,15,17H,1-4H3,(H2,25,29)(H,27,28,30)/t10-,15-,17+,20?/m1/s1. The lowest BCUT2D eigenvalue weighted by Crippen LogP contribution is -2.47. The van der Waals surface area contributed by atoms with Crippen molar-refractivity contribution in [3.8, 4) is 5.75 Å². The minimum atomic E-state index is -4.73. The molecule has 3 N–H and O–H groups in total. The summed E-state index contributed by atoms with van der Waals surface area (Å²) in [5.74, 6) is -3.46. The minimum absolute atomic E-state index is 0.105. The van der Waals surface area contributed by atoms with Gasteiger partial charge in [-0.05, 0) is 32.0 Å². The zero-order chi connectivity index (χ0) is 23.8. The number of carbonyl (C=O) groups excluding carboxylic acids is 2. The summed E-state index contributed by atoms with van der Waals surface area (Å²) in [6.45, 7) is 3.97. The van der Waals surface area contributed by atoms with Gasteiger partial charge in [0.05, 0.1) is 12.8 Å². The van der Waals surface area contributed by atoms with Gasteiger partial charge in [0, 0.05) is 35.5 Å². The van der Waals surface area contributed by atoms with E-state index in [1.165, 1.54) is 44.6 Å². The van der Waals surface area contributed by atoms with E-state index >= 15 is 0 Å². The summed E-state index contributed by atoms with van der Waals surface area (Å²) in [6, 6.07) is 4.14. The van der Waals surface area contributed by atoms with E-state index in [0.717, 1.165) is 6.92 Å². The topological polar surface area (TPSA) is 116 Å². The Kier molecular flexibility index (Phi) is 6.14. The lowest BCUT2D eigenvalue weighted by Gasteiger charge is -2.32. The SMILES string of the molecule is COc1c([C@@H]2[C@@H](C(=O)Nc3ccnc(C(N)=O)c3)OC(C)(C(F)(F)F)[C@@H]2C)ccnc1C. The van der Waals surface area contributed by atoms with Crippen LogP contribution >= 0.6 is 0 Å². The quantitative estimate of drug-likeness (QED) is 0.721. The van der Waals surface area contributed by atoms with Crippen molar-refractivity contribution in [1.82, 2.24) is 9.97 Å². The molecule has 0 radical (unpaired) electrons. The van der Waals surface area contributed by atoms with Gasteiger partial charge in [-0.2, -0.15) is 13.2 Å². The normalized spacial score (nSPS) is 25.4. The summed E-state index contributed by atoms with van der Waals surface area (Å²) in [4.78, 5) is 32.4. The van der Waals surface area contributed by atoms with E-state index < -0.39 is 41.5 Å². The molecule has 1 fully saturated rings. The molecule has 2 aromatic rings. The van der Waals surface area contributed by atoms with E-state index in [-0.39, 0.29) is 17.1 Å². The molecule has 1 aliphatic rings. The summed E-state index contributed by atoms with van der Waals surface area (Å²) in [7, 11) is 1.38. The van der Waals surface area contributed by atoms with Crippen LogP contribution in [0.3, 0.4) is 0 Å². The van der Waals surface area contributed by atoms with E-state index in [4.69, 9.17) is 15.2 Å². The Bertz CT molecular complexity index is 1050. The second-order valence-corrected chi connectivity index (χ2v) is 7.76. The lowest BCUT2D eigenvalue weighted by atomic mass is 9.77. The van der Waals surface area contributed by atoms with E-state index in [1.54, 1.807) is 6.92 Å². The van der Waals surface area contributed by atoms with Gasteiger partial charge < -0.3 is 20.5 Å². The van der Waals surface area contributed by atoms with Crippen molar-refractivity contribution in [2.24, 2.45) is 11.7 Å². The number of pyridine rings is 2. The maximum atomic E-state index is 14.0. The zero-order valence-electron chi connectivity index (χ0n) is 17.9. The molecule has 2 amide bonds. The fourth-order valence-corrected chi connectivity index (χ4v) is 3.98. The number of anilines is 1. The molecule has 3 heterocycles. The molecule has 0 saturated carbocycles. The molecule has 0 aromatic carbocycles. The third kappa shape index (κ3) is 3.99. The van der Waals surface area contributed by atoms with Crippen molar-refractivity contribution in [3.05, 3.63) is 47.5 Å². The molecule has 4 atom stereocenters. The predicted molar refractivity (Wildman–Crippen MR) is 108 cm³/mol. The van der Waals surface area contributed by atoms with E-state index in [9.17, 15) is 22.8 Å². The lowest BCUT2D eigenvalue weighted by molar-refractivity contribution is -0.272. The van der Waals surface area contributed by atoms with Crippen LogP contribution < -0.4 is 15.8 Å². The molecule has 2 aromatic heterocycles. The molecule has 11 heteroatoms. The number of aryl methyl sites for hydroxylation is 1. The Morgan fingerprint density at radius 3 is 2.50 bits per heavy atom. The predicted octanol–water partition coefficient (Wildman–Crippen LogP) is 2.97. The second-order valence-electron chi connectivity index (χ2n) is 7.76. The van der Waals surface area contributed by atoms with E-state index in [0.29, 0.717) is 11.3 Å². The van der Waals surface area contributed by atoms with Crippen LogP contribution in [0.5, 0.6) is 5.75 Å². The number of primary amides is 1. The summed E-state index contributed by atoms with van der Waals surface area (Å²) >= 11 is 0. The van der Waals surface area contributed by atoms with Gasteiger partial charge in [-0.3, -0.25) is 19.6 Å². The molecular formula is C21H23F3N4O4. The number of carbonyl (C=O) groups is 2. The van der Waals surface area contributed by atoms with Crippen molar-refractivity contribution < 1.29 is 32.2 Å². The van der Waals surface area contributed by atoms with Gasteiger partial charge in [0.25, 0.3) is 11.8 Å². The number of amides is 2. The van der Waals surface area contributed by atoms with Crippen LogP contribution in [0.15, 0.2) is 30.6 Å². The highest BCUT2D eigenvalue weighted by molar-refractivity contribution is 5.97. The first-order valence-corrected chi connectivity index (χ1v) is 9.71. The van der Waals surface area contributed by atoms with E-state index in [1.807, 2.05) is 0 Å². The average Bonchev–Trinajstić information content (AvgIpc) is 3.00. The molecule has 1 aliphatic heterocycles. The Morgan fingerprint density at radius 2 is 1.91 bits per heavy atom. The highest BCUT2D eigenvalue weighted by Gasteiger charge is 2.65. The van der Waals surface area contributed by atoms with Crippen LogP contribution in [-0.4, -0.2) is 46.8 Å². The first-order chi connectivity index (χ1) is 14.9. The van der Waals surface area contributed by atoms with Crippen molar-refractivity contribution in [2.45, 2.75) is 44.6 Å². The summed E-state index contributed by atoms with van der Waals surface area (Å²) in [5.41, 5.74) is 3.51. The van der Waals surface area contributed by atoms with Gasteiger partial charge in [0.1, 0.15) is 17.5 Å². The number of halogens is 3. The smallest absolute Gasteiger partial charge is 0.417 e. The number of ether oxygens (including phenoxy) is 2. The molecule has 0 aliphatic carbocycles. The fourth-order valence-electron chi connectivity index (χ4n) is 3.98. The molecule has 3 rings (SSSR count). The molecule has 0 bridgehead atoms. The third-order valence-electron chi connectivity index (χ3n) is 5.88. The van der Waals surface area contributed by atoms with Gasteiger partial charge in [-0.25, -0.2) is 0 Å². The number of alkyl halides is 3. The first kappa shape index (κ1) is 23.5. The largest absolute Gasteiger partial charge is 0.495 e. The van der Waals surface area contributed by atoms with Crippen LogP contribution in [0, 0.1) is 12.8 Å². The maximum Gasteiger partial charge on any atom is 0.417 e. The summed E-state index contributed by atoms with van der Waals surface area (Å²) in [6.07, 6.45) is -3.54. The van der Waals surface area contributed by atoms with Crippen molar-refractivity contribution in [3.63, 3.8) is 0 Å². The first-order valence-electron chi connectivity index (χ1n) is 9.71. The Hall–Kier alpha value is -3.21. The van der Waals surface area contributed by atoms with Crippen LogP contribution in [0.1, 0.15) is 41.5 Å². The zero-order valence-corrected chi connectivity index (χ0v) is 17.9. The monoisotopic (exact) mass is 452 g/mol. The van der Waals surface area contributed by atoms with Crippen LogP contribution in [0.2, 0.25) is 0 Å². The molecule has 0 spiro atoms. The van der Waals surface area contributed by atoms with Gasteiger partial charge in [0.15, 0.2) is 5.60 Å². The van der Waals surface area contributed by atoms with E-state index in [2.05, 4.69) is 15.3 Å². The number of nitrogens with one attached hydrogen (secondary N) is 1. The number of hydrogen-bond acceptors (Lipinski definition) is 6. The van der Waals surface area contributed by atoms with Gasteiger partial charge in [-0.1, -0.05) is 6.92 Å². The third-order valence-corrected chi connectivity index (χ3v) is 5.88. The minimum Gasteiger partial charge on any atom is -0.495 e. The van der Waals surface area contributed by atoms with Gasteiger partial charge in [-0.15, -0.1) is 0 Å². The number of hydrogen-bond donors (Lipinski definition) is 2. The van der Waals surface area contributed by atoms with Gasteiger partial charge in [0.2, 0.25) is 0 Å². The Labute approximate surface area is 182 Å². The van der Waals surface area contributed by atoms with Crippen LogP contribution in [0.25, 0.3) is 0 Å². The van der Waals surface area contributed by atoms with Crippen LogP contribution in [-0.2, 0) is 9.53 Å². The average molecular weight is 452 g/mol. The Morgan fingerprint density at radius 1 is 1.25 bits per heavy atom. The summed E-state index contributed by atoms with van der Waals surface area (Å²) in [5, 5.41) is 2.51. The Balaban J connectivity index is 2.05. The van der Waals surface area contributed by atoms with Crippen LogP contribution in [0.4, 0.5) is 18.9 Å². The molecule has 8 nitrogen and oxygen atoms in total. The molecule has 1 unspecified atom stereocenters. The highest BCUT2D eigenvalue weighted by atomic mass is 19.4. The molecular weight excluding hydrogens is 429 g/mol. The number of nitrogens with two attached hydrogens (primary N) is 1. The van der Waals surface area contributed by atoms with Crippen molar-refractivity contribution in [1.29, 1.82) is 0 Å². The molecule has 1 saturated heterocycles. The molecule has 172 valence electrons. The fraction of sp³-hybridized carbons (Fsp3) is 0.429. The molecule has 32 heavy (non-hydrogen) atoms. The number of rotatable bonds is 5. The number of methoxy groups -OCH3 is 1. The number of aromatic nitrogens is 2. The van der Waals surface area contributed by atoms with Crippen molar-refractivity contribution >= 4 is 17.5 Å². The number of nitrogens with zero attached hydrogens (tertiary/aromatic N) is 2. The van der Waals surface area contributed by atoms with Gasteiger partial charge >= 0.3 is 6.18 Å². The maximum absolute atomic E-state index is 14.0. The highest BCUT2D eigenvalue weighted by Crippen LogP contribution is 2.54. The van der Waals surface area contributed by atoms with Crippen molar-refractivity contribution in [2.75, 3.05) is 12.4 Å². The second kappa shape index (κ2) is 8.38. The summed E-state index contributed by atoms with van der Waals surface area (Å²) < 4.78 is 52.8.